The van der Waals surface area contributed by atoms with E-state index in [4.69, 9.17) is 18.9 Å². The normalized spacial score (nSPS) is 16.0. The predicted molar refractivity (Wildman–Crippen MR) is 105 cm³/mol. The van der Waals surface area contributed by atoms with Crippen molar-refractivity contribution in [3.63, 3.8) is 0 Å². The van der Waals surface area contributed by atoms with Gasteiger partial charge in [-0.25, -0.2) is 0 Å². The molecule has 0 spiro atoms. The van der Waals surface area contributed by atoms with Gasteiger partial charge >= 0.3 is 0 Å². The molecule has 0 amide bonds. The van der Waals surface area contributed by atoms with E-state index >= 15 is 0 Å². The highest BCUT2D eigenvalue weighted by Gasteiger charge is 2.28. The topological polar surface area (TPSA) is 49.0 Å². The summed E-state index contributed by atoms with van der Waals surface area (Å²) in [4.78, 5) is 0. The lowest BCUT2D eigenvalue weighted by Gasteiger charge is -2.30. The molecule has 1 aliphatic heterocycles. The highest BCUT2D eigenvalue weighted by Crippen LogP contribution is 2.43. The minimum atomic E-state index is 0.000943. The number of halogens is 1. The maximum absolute atomic E-state index is 5.91. The molecule has 1 aliphatic rings. The fourth-order valence-electron chi connectivity index (χ4n) is 3.45. The lowest BCUT2D eigenvalue weighted by atomic mass is 9.88. The van der Waals surface area contributed by atoms with E-state index in [-0.39, 0.29) is 6.04 Å². The SMILES string of the molecule is CCOc1c(OC)ccc2c1CCNC2c1cc(Br)c(OC)cc1OC. The van der Waals surface area contributed by atoms with Gasteiger partial charge in [0.2, 0.25) is 0 Å². The zero-order chi connectivity index (χ0) is 18.7. The first-order valence-corrected chi connectivity index (χ1v) is 9.41. The maximum atomic E-state index is 5.91. The molecular formula is C20H24BrNO4. The van der Waals surface area contributed by atoms with Crippen LogP contribution in [0.5, 0.6) is 23.0 Å². The van der Waals surface area contributed by atoms with Gasteiger partial charge < -0.3 is 24.3 Å². The van der Waals surface area contributed by atoms with Gasteiger partial charge in [-0.1, -0.05) is 6.07 Å². The quantitative estimate of drug-likeness (QED) is 0.760. The number of ether oxygens (including phenoxy) is 4. The van der Waals surface area contributed by atoms with Crippen molar-refractivity contribution in [3.8, 4) is 23.0 Å². The third-order valence-electron chi connectivity index (χ3n) is 4.62. The van der Waals surface area contributed by atoms with Crippen LogP contribution in [-0.4, -0.2) is 34.5 Å². The van der Waals surface area contributed by atoms with Gasteiger partial charge in [-0.3, -0.25) is 0 Å². The van der Waals surface area contributed by atoms with E-state index in [2.05, 4.69) is 33.4 Å². The van der Waals surface area contributed by atoms with Crippen LogP contribution < -0.4 is 24.3 Å². The molecule has 6 heteroatoms. The molecule has 1 heterocycles. The predicted octanol–water partition coefficient (Wildman–Crippen LogP) is 4.11. The number of benzene rings is 2. The summed E-state index contributed by atoms with van der Waals surface area (Å²) < 4.78 is 23.3. The molecule has 0 aliphatic carbocycles. The summed E-state index contributed by atoms with van der Waals surface area (Å²) in [7, 11) is 5.00. The summed E-state index contributed by atoms with van der Waals surface area (Å²) in [6, 6.07) is 8.03. The summed E-state index contributed by atoms with van der Waals surface area (Å²) in [5.41, 5.74) is 3.41. The number of nitrogens with one attached hydrogen (secondary N) is 1. The fourth-order valence-corrected chi connectivity index (χ4v) is 3.97. The Morgan fingerprint density at radius 2 is 1.73 bits per heavy atom. The Morgan fingerprint density at radius 1 is 1.00 bits per heavy atom. The van der Waals surface area contributed by atoms with Crippen LogP contribution in [0.2, 0.25) is 0 Å². The largest absolute Gasteiger partial charge is 0.496 e. The van der Waals surface area contributed by atoms with E-state index in [1.807, 2.05) is 19.1 Å². The molecule has 0 fully saturated rings. The Balaban J connectivity index is 2.14. The van der Waals surface area contributed by atoms with Crippen LogP contribution in [-0.2, 0) is 6.42 Å². The van der Waals surface area contributed by atoms with Crippen LogP contribution in [0.25, 0.3) is 0 Å². The average Bonchev–Trinajstić information content (AvgIpc) is 2.67. The highest BCUT2D eigenvalue weighted by molar-refractivity contribution is 9.10. The summed E-state index contributed by atoms with van der Waals surface area (Å²) >= 11 is 3.59. The first-order valence-electron chi connectivity index (χ1n) is 8.61. The smallest absolute Gasteiger partial charge is 0.164 e. The van der Waals surface area contributed by atoms with Gasteiger partial charge in [0.05, 0.1) is 38.5 Å². The molecule has 0 saturated heterocycles. The third kappa shape index (κ3) is 3.35. The highest BCUT2D eigenvalue weighted by atomic mass is 79.9. The molecular weight excluding hydrogens is 398 g/mol. The third-order valence-corrected chi connectivity index (χ3v) is 5.24. The molecule has 26 heavy (non-hydrogen) atoms. The van der Waals surface area contributed by atoms with E-state index in [1.54, 1.807) is 21.3 Å². The molecule has 1 atom stereocenters. The van der Waals surface area contributed by atoms with Crippen LogP contribution in [0.1, 0.15) is 29.7 Å². The lowest BCUT2D eigenvalue weighted by Crippen LogP contribution is -2.31. The maximum Gasteiger partial charge on any atom is 0.164 e. The van der Waals surface area contributed by atoms with E-state index in [0.29, 0.717) is 6.61 Å². The average molecular weight is 422 g/mol. The van der Waals surface area contributed by atoms with Gasteiger partial charge in [0.15, 0.2) is 11.5 Å². The van der Waals surface area contributed by atoms with E-state index in [1.165, 1.54) is 11.1 Å². The number of rotatable bonds is 6. The molecule has 5 nitrogen and oxygen atoms in total. The van der Waals surface area contributed by atoms with Crippen molar-refractivity contribution >= 4 is 15.9 Å². The van der Waals surface area contributed by atoms with Crippen LogP contribution in [0, 0.1) is 0 Å². The Morgan fingerprint density at radius 3 is 2.38 bits per heavy atom. The molecule has 0 bridgehead atoms. The Labute approximate surface area is 162 Å². The van der Waals surface area contributed by atoms with Crippen molar-refractivity contribution in [3.05, 3.63) is 45.4 Å². The van der Waals surface area contributed by atoms with Crippen molar-refractivity contribution in [2.24, 2.45) is 0 Å². The van der Waals surface area contributed by atoms with E-state index < -0.39 is 0 Å². The molecule has 0 radical (unpaired) electrons. The van der Waals surface area contributed by atoms with E-state index in [0.717, 1.165) is 46.0 Å². The second-order valence-electron chi connectivity index (χ2n) is 5.96. The number of hydrogen-bond donors (Lipinski definition) is 1. The Kier molecular flexibility index (Phi) is 5.94. The van der Waals surface area contributed by atoms with Crippen molar-refractivity contribution in [2.45, 2.75) is 19.4 Å². The Bertz CT molecular complexity index is 794. The van der Waals surface area contributed by atoms with Gasteiger partial charge in [0.25, 0.3) is 0 Å². The number of fused-ring (bicyclic) bond motifs is 1. The molecule has 140 valence electrons. The van der Waals surface area contributed by atoms with Gasteiger partial charge in [0, 0.05) is 23.7 Å². The number of methoxy groups -OCH3 is 3. The van der Waals surface area contributed by atoms with Crippen molar-refractivity contribution in [2.75, 3.05) is 34.5 Å². The standard InChI is InChI=1S/C20H24BrNO4/c1-5-26-20-13-8-9-22-19(12(13)6-7-16(20)23-2)14-10-15(21)18(25-4)11-17(14)24-3/h6-7,10-11,19,22H,5,8-9H2,1-4H3. The molecule has 3 rings (SSSR count). The second kappa shape index (κ2) is 8.18. The van der Waals surface area contributed by atoms with Crippen molar-refractivity contribution in [1.82, 2.24) is 5.32 Å². The van der Waals surface area contributed by atoms with Gasteiger partial charge in [-0.05, 0) is 47.0 Å². The summed E-state index contributed by atoms with van der Waals surface area (Å²) in [6.45, 7) is 3.43. The van der Waals surface area contributed by atoms with Gasteiger partial charge in [0.1, 0.15) is 11.5 Å². The first kappa shape index (κ1) is 18.9. The summed E-state index contributed by atoms with van der Waals surface area (Å²) in [5.74, 6) is 3.13. The zero-order valence-electron chi connectivity index (χ0n) is 15.5. The minimum absolute atomic E-state index is 0.000943. The van der Waals surface area contributed by atoms with Crippen LogP contribution in [0.15, 0.2) is 28.7 Å². The molecule has 1 unspecified atom stereocenters. The molecule has 1 N–H and O–H groups in total. The second-order valence-corrected chi connectivity index (χ2v) is 6.82. The molecule has 0 saturated carbocycles. The minimum Gasteiger partial charge on any atom is -0.496 e. The Hall–Kier alpha value is -1.92. The number of hydrogen-bond acceptors (Lipinski definition) is 5. The van der Waals surface area contributed by atoms with Crippen molar-refractivity contribution < 1.29 is 18.9 Å². The first-order chi connectivity index (χ1) is 12.6. The molecule has 2 aromatic carbocycles. The van der Waals surface area contributed by atoms with Crippen LogP contribution in [0.4, 0.5) is 0 Å². The monoisotopic (exact) mass is 421 g/mol. The summed E-state index contributed by atoms with van der Waals surface area (Å²) in [5, 5.41) is 3.60. The van der Waals surface area contributed by atoms with Gasteiger partial charge in [-0.15, -0.1) is 0 Å². The molecule has 0 aromatic heterocycles. The van der Waals surface area contributed by atoms with Gasteiger partial charge in [-0.2, -0.15) is 0 Å². The van der Waals surface area contributed by atoms with Crippen LogP contribution >= 0.6 is 15.9 Å². The molecule has 2 aromatic rings. The zero-order valence-corrected chi connectivity index (χ0v) is 17.1. The summed E-state index contributed by atoms with van der Waals surface area (Å²) in [6.07, 6.45) is 0.887. The fraction of sp³-hybridized carbons (Fsp3) is 0.400. The van der Waals surface area contributed by atoms with E-state index in [9.17, 15) is 0 Å². The van der Waals surface area contributed by atoms with Crippen LogP contribution in [0.3, 0.4) is 0 Å². The van der Waals surface area contributed by atoms with Crippen molar-refractivity contribution in [1.29, 1.82) is 0 Å². The lowest BCUT2D eigenvalue weighted by molar-refractivity contribution is 0.305.